The van der Waals surface area contributed by atoms with Gasteiger partial charge in [0.1, 0.15) is 0 Å². The Kier molecular flexibility index (Phi) is 6.57. The van der Waals surface area contributed by atoms with Crippen LogP contribution in [0.2, 0.25) is 5.02 Å². The highest BCUT2D eigenvalue weighted by Crippen LogP contribution is 2.57. The molecule has 0 aliphatic heterocycles. The maximum Gasteiger partial charge on any atom is 0.0898 e. The molecule has 4 aliphatic carbocycles. The van der Waals surface area contributed by atoms with Crippen LogP contribution in [-0.2, 0) is 4.74 Å². The van der Waals surface area contributed by atoms with Crippen LogP contribution in [0, 0.1) is 17.8 Å². The Morgan fingerprint density at radius 3 is 2.19 bits per heavy atom. The monoisotopic (exact) mass is 399 g/mol. The summed E-state index contributed by atoms with van der Waals surface area (Å²) in [6.07, 6.45) is 7.48. The normalized spacial score (nSPS) is 34.3. The molecule has 4 aliphatic rings. The first-order valence-electron chi connectivity index (χ1n) is 9.82. The molecule has 146 valence electrons. The van der Waals surface area contributed by atoms with Crippen molar-refractivity contribution in [2.75, 3.05) is 13.2 Å². The molecule has 0 amide bonds. The third kappa shape index (κ3) is 4.56. The third-order valence-electron chi connectivity index (χ3n) is 6.59. The van der Waals surface area contributed by atoms with Crippen molar-refractivity contribution in [2.24, 2.45) is 17.8 Å². The summed E-state index contributed by atoms with van der Waals surface area (Å²) >= 11 is 5.94. The van der Waals surface area contributed by atoms with E-state index in [-0.39, 0.29) is 24.0 Å². The Hall–Kier alpha value is -0.320. The highest BCUT2D eigenvalue weighted by Gasteiger charge is 2.51. The van der Waals surface area contributed by atoms with Crippen LogP contribution in [0.25, 0.3) is 0 Å². The molecule has 0 heterocycles. The Labute approximate surface area is 168 Å². The number of aliphatic hydroxyl groups excluding tert-OH is 1. The van der Waals surface area contributed by atoms with E-state index in [0.29, 0.717) is 13.2 Å². The smallest absolute Gasteiger partial charge is 0.0898 e. The first-order chi connectivity index (χ1) is 12.0. The third-order valence-corrected chi connectivity index (χ3v) is 6.85. The van der Waals surface area contributed by atoms with Gasteiger partial charge in [0.2, 0.25) is 0 Å². The minimum Gasteiger partial charge on any atom is -0.389 e. The van der Waals surface area contributed by atoms with E-state index in [2.05, 4.69) is 12.2 Å². The van der Waals surface area contributed by atoms with E-state index in [1.165, 1.54) is 44.1 Å². The lowest BCUT2D eigenvalue weighted by Gasteiger charge is -2.56. The van der Waals surface area contributed by atoms with Crippen LogP contribution in [0.3, 0.4) is 0 Å². The van der Waals surface area contributed by atoms with Crippen molar-refractivity contribution in [3.63, 3.8) is 0 Å². The molecule has 0 saturated heterocycles. The van der Waals surface area contributed by atoms with Gasteiger partial charge in [-0.25, -0.2) is 0 Å². The molecule has 4 saturated carbocycles. The van der Waals surface area contributed by atoms with E-state index in [4.69, 9.17) is 16.3 Å². The molecule has 4 fully saturated rings. The zero-order valence-corrected chi connectivity index (χ0v) is 17.1. The predicted octanol–water partition coefficient (Wildman–Crippen LogP) is 4.76. The second kappa shape index (κ2) is 8.36. The van der Waals surface area contributed by atoms with Gasteiger partial charge >= 0.3 is 0 Å². The summed E-state index contributed by atoms with van der Waals surface area (Å²) in [7, 11) is 0. The van der Waals surface area contributed by atoms with E-state index < -0.39 is 6.10 Å². The van der Waals surface area contributed by atoms with Crippen LogP contribution >= 0.6 is 24.0 Å². The number of hydrogen-bond acceptors (Lipinski definition) is 3. The van der Waals surface area contributed by atoms with E-state index >= 15 is 0 Å². The summed E-state index contributed by atoms with van der Waals surface area (Å²) in [5.41, 5.74) is 1.26. The average molecular weight is 400 g/mol. The number of rotatable bonds is 7. The van der Waals surface area contributed by atoms with Crippen LogP contribution < -0.4 is 5.32 Å². The number of nitrogens with one attached hydrogen (secondary N) is 1. The maximum absolute atomic E-state index is 10.4. The molecule has 5 heteroatoms. The number of hydrogen-bond donors (Lipinski definition) is 2. The van der Waals surface area contributed by atoms with E-state index in [9.17, 15) is 5.11 Å². The second-order valence-electron chi connectivity index (χ2n) is 8.75. The molecular weight excluding hydrogens is 369 g/mol. The van der Waals surface area contributed by atoms with E-state index in [0.717, 1.165) is 22.8 Å². The molecule has 3 nitrogen and oxygen atoms in total. The molecular formula is C21H31Cl2NO2. The molecule has 4 bridgehead atoms. The Morgan fingerprint density at radius 1 is 1.12 bits per heavy atom. The van der Waals surface area contributed by atoms with Gasteiger partial charge in [0.05, 0.1) is 18.3 Å². The SMILES string of the molecule is CC(NCC(O)COC12CC3CC(CC(C3)C1)C2)c1ccc(Cl)cc1.Cl. The van der Waals surface area contributed by atoms with Crippen molar-refractivity contribution >= 4 is 24.0 Å². The molecule has 2 atom stereocenters. The molecule has 1 aromatic carbocycles. The minimum atomic E-state index is -0.456. The lowest BCUT2D eigenvalue weighted by atomic mass is 9.54. The first kappa shape index (κ1) is 20.4. The standard InChI is InChI=1S/C21H30ClNO2.ClH/c1-14(18-2-4-19(22)5-3-18)23-12-20(24)13-25-21-9-15-6-16(10-21)8-17(7-15)11-21;/h2-5,14-17,20,23-24H,6-13H2,1H3;1H. The van der Waals surface area contributed by atoms with Gasteiger partial charge in [-0.15, -0.1) is 12.4 Å². The minimum absolute atomic E-state index is 0. The van der Waals surface area contributed by atoms with E-state index in [1.807, 2.05) is 24.3 Å². The van der Waals surface area contributed by atoms with Gasteiger partial charge in [-0.3, -0.25) is 0 Å². The van der Waals surface area contributed by atoms with Gasteiger partial charge < -0.3 is 15.2 Å². The van der Waals surface area contributed by atoms with Crippen molar-refractivity contribution in [3.05, 3.63) is 34.9 Å². The average Bonchev–Trinajstić information content (AvgIpc) is 2.57. The lowest BCUT2D eigenvalue weighted by Crippen LogP contribution is -2.53. The Bertz CT molecular complexity index is 557. The van der Waals surface area contributed by atoms with Gasteiger partial charge in [0.25, 0.3) is 0 Å². The van der Waals surface area contributed by atoms with Crippen molar-refractivity contribution in [1.82, 2.24) is 5.32 Å². The van der Waals surface area contributed by atoms with Crippen LogP contribution in [0.15, 0.2) is 24.3 Å². The number of halogens is 2. The fourth-order valence-corrected chi connectivity index (χ4v) is 5.85. The van der Waals surface area contributed by atoms with Gasteiger partial charge in [-0.2, -0.15) is 0 Å². The number of benzene rings is 1. The summed E-state index contributed by atoms with van der Waals surface area (Å²) in [6, 6.07) is 8.05. The molecule has 0 aromatic heterocycles. The molecule has 26 heavy (non-hydrogen) atoms. The van der Waals surface area contributed by atoms with Gasteiger partial charge in [0.15, 0.2) is 0 Å². The Morgan fingerprint density at radius 2 is 1.65 bits per heavy atom. The first-order valence-corrected chi connectivity index (χ1v) is 10.2. The van der Waals surface area contributed by atoms with Crippen molar-refractivity contribution < 1.29 is 9.84 Å². The second-order valence-corrected chi connectivity index (χ2v) is 9.18. The fourth-order valence-electron chi connectivity index (χ4n) is 5.72. The van der Waals surface area contributed by atoms with Crippen molar-refractivity contribution in [1.29, 1.82) is 0 Å². The number of ether oxygens (including phenoxy) is 1. The Balaban J connectivity index is 0.00000196. The molecule has 0 radical (unpaired) electrons. The molecule has 2 unspecified atom stereocenters. The summed E-state index contributed by atoms with van der Waals surface area (Å²) in [5.74, 6) is 2.64. The van der Waals surface area contributed by atoms with Crippen LogP contribution in [0.5, 0.6) is 0 Å². The summed E-state index contributed by atoms with van der Waals surface area (Å²) in [6.45, 7) is 3.11. The lowest BCUT2D eigenvalue weighted by molar-refractivity contribution is -0.174. The van der Waals surface area contributed by atoms with Crippen LogP contribution in [0.1, 0.15) is 57.1 Å². The van der Waals surface area contributed by atoms with Crippen molar-refractivity contribution in [2.45, 2.75) is 63.2 Å². The molecule has 2 N–H and O–H groups in total. The molecule has 5 rings (SSSR count). The highest BCUT2D eigenvalue weighted by molar-refractivity contribution is 6.30. The largest absolute Gasteiger partial charge is 0.389 e. The van der Waals surface area contributed by atoms with Crippen LogP contribution in [-0.4, -0.2) is 30.0 Å². The quantitative estimate of drug-likeness (QED) is 0.694. The van der Waals surface area contributed by atoms with Gasteiger partial charge in [-0.1, -0.05) is 23.7 Å². The maximum atomic E-state index is 10.4. The van der Waals surface area contributed by atoms with E-state index in [1.54, 1.807) is 0 Å². The summed E-state index contributed by atoms with van der Waals surface area (Å²) in [4.78, 5) is 0. The predicted molar refractivity (Wildman–Crippen MR) is 108 cm³/mol. The molecule has 0 spiro atoms. The zero-order valence-electron chi connectivity index (χ0n) is 15.5. The number of aliphatic hydroxyl groups is 1. The van der Waals surface area contributed by atoms with Gasteiger partial charge in [0, 0.05) is 17.6 Å². The summed E-state index contributed by atoms with van der Waals surface area (Å²) in [5, 5.41) is 14.5. The zero-order chi connectivity index (χ0) is 17.4. The van der Waals surface area contributed by atoms with Crippen molar-refractivity contribution in [3.8, 4) is 0 Å². The topological polar surface area (TPSA) is 41.5 Å². The molecule has 1 aromatic rings. The van der Waals surface area contributed by atoms with Gasteiger partial charge in [-0.05, 0) is 80.9 Å². The fraction of sp³-hybridized carbons (Fsp3) is 0.714. The highest BCUT2D eigenvalue weighted by atomic mass is 35.5. The summed E-state index contributed by atoms with van der Waals surface area (Å²) < 4.78 is 6.35. The van der Waals surface area contributed by atoms with Crippen LogP contribution in [0.4, 0.5) is 0 Å².